The molecule has 0 aliphatic carbocycles. The highest BCUT2D eigenvalue weighted by atomic mass is 16.5. The third-order valence-corrected chi connectivity index (χ3v) is 3.93. The van der Waals surface area contributed by atoms with Crippen molar-refractivity contribution in [1.29, 1.82) is 0 Å². The van der Waals surface area contributed by atoms with E-state index in [1.54, 1.807) is 12.1 Å². The van der Waals surface area contributed by atoms with E-state index in [2.05, 4.69) is 5.32 Å². The molecule has 1 unspecified atom stereocenters. The maximum Gasteiger partial charge on any atom is 0.420 e. The molecule has 0 radical (unpaired) electrons. The summed E-state index contributed by atoms with van der Waals surface area (Å²) in [5.74, 6) is -1.01. The number of hydrogen-bond acceptors (Lipinski definition) is 5. The SMILES string of the molecule is CC(=O)c1ccc2c(c1)oc(=O)n2CC(=O)NCC1CCCO1. The van der Waals surface area contributed by atoms with Crippen LogP contribution in [0.2, 0.25) is 0 Å². The molecule has 2 heterocycles. The molecule has 1 aliphatic rings. The second-order valence-electron chi connectivity index (χ2n) is 5.63. The highest BCUT2D eigenvalue weighted by Gasteiger charge is 2.18. The number of amides is 1. The monoisotopic (exact) mass is 318 g/mol. The first kappa shape index (κ1) is 15.5. The predicted molar refractivity (Wildman–Crippen MR) is 82.5 cm³/mol. The average molecular weight is 318 g/mol. The summed E-state index contributed by atoms with van der Waals surface area (Å²) in [5, 5.41) is 2.76. The summed E-state index contributed by atoms with van der Waals surface area (Å²) in [6, 6.07) is 4.74. The van der Waals surface area contributed by atoms with Crippen LogP contribution in [-0.2, 0) is 16.1 Å². The number of rotatable bonds is 5. The number of ether oxygens (including phenoxy) is 1. The highest BCUT2D eigenvalue weighted by Crippen LogP contribution is 2.15. The fourth-order valence-electron chi connectivity index (χ4n) is 2.67. The lowest BCUT2D eigenvalue weighted by Crippen LogP contribution is -2.35. The lowest BCUT2D eigenvalue weighted by Gasteiger charge is -2.10. The van der Waals surface area contributed by atoms with Crippen LogP contribution in [-0.4, -0.2) is 35.5 Å². The molecule has 1 fully saturated rings. The van der Waals surface area contributed by atoms with E-state index in [1.165, 1.54) is 17.6 Å². The first-order chi connectivity index (χ1) is 11.0. The standard InChI is InChI=1S/C16H18N2O5/c1-10(19)11-4-5-13-14(7-11)23-16(21)18(13)9-15(20)17-8-12-3-2-6-22-12/h4-5,7,12H,2-3,6,8-9H2,1H3,(H,17,20). The van der Waals surface area contributed by atoms with E-state index in [0.29, 0.717) is 23.2 Å². The topological polar surface area (TPSA) is 90.5 Å². The molecule has 1 aromatic heterocycles. The summed E-state index contributed by atoms with van der Waals surface area (Å²) in [7, 11) is 0. The highest BCUT2D eigenvalue weighted by molar-refractivity contribution is 5.97. The van der Waals surface area contributed by atoms with Crippen molar-refractivity contribution in [2.24, 2.45) is 0 Å². The van der Waals surface area contributed by atoms with Gasteiger partial charge in [0.1, 0.15) is 6.54 Å². The molecule has 0 spiro atoms. The van der Waals surface area contributed by atoms with Gasteiger partial charge in [-0.1, -0.05) is 0 Å². The number of benzene rings is 1. The zero-order chi connectivity index (χ0) is 16.4. The van der Waals surface area contributed by atoms with Crippen LogP contribution in [0.5, 0.6) is 0 Å². The second kappa shape index (κ2) is 6.37. The number of oxazole rings is 1. The predicted octanol–water partition coefficient (Wildman–Crippen LogP) is 1.09. The van der Waals surface area contributed by atoms with Crippen molar-refractivity contribution in [3.63, 3.8) is 0 Å². The minimum atomic E-state index is -0.618. The number of fused-ring (bicyclic) bond motifs is 1. The van der Waals surface area contributed by atoms with Crippen molar-refractivity contribution < 1.29 is 18.7 Å². The Bertz CT molecular complexity index is 798. The quantitative estimate of drug-likeness (QED) is 0.834. The number of ketones is 1. The van der Waals surface area contributed by atoms with Gasteiger partial charge in [-0.05, 0) is 38.0 Å². The van der Waals surface area contributed by atoms with Gasteiger partial charge < -0.3 is 14.5 Å². The van der Waals surface area contributed by atoms with Gasteiger partial charge in [-0.2, -0.15) is 0 Å². The molecule has 1 aliphatic heterocycles. The smallest absolute Gasteiger partial charge is 0.408 e. The first-order valence-corrected chi connectivity index (χ1v) is 7.57. The van der Waals surface area contributed by atoms with E-state index in [-0.39, 0.29) is 24.3 Å². The van der Waals surface area contributed by atoms with Crippen molar-refractivity contribution in [1.82, 2.24) is 9.88 Å². The van der Waals surface area contributed by atoms with Gasteiger partial charge in [-0.3, -0.25) is 14.2 Å². The number of carbonyl (C=O) groups excluding carboxylic acids is 2. The van der Waals surface area contributed by atoms with Crippen LogP contribution >= 0.6 is 0 Å². The first-order valence-electron chi connectivity index (χ1n) is 7.57. The molecule has 0 saturated carbocycles. The maximum atomic E-state index is 12.0. The Morgan fingerprint density at radius 2 is 2.22 bits per heavy atom. The van der Waals surface area contributed by atoms with E-state index in [0.717, 1.165) is 19.4 Å². The summed E-state index contributed by atoms with van der Waals surface area (Å²) < 4.78 is 11.8. The molecule has 23 heavy (non-hydrogen) atoms. The van der Waals surface area contributed by atoms with Crippen molar-refractivity contribution in [2.45, 2.75) is 32.4 Å². The minimum Gasteiger partial charge on any atom is -0.408 e. The van der Waals surface area contributed by atoms with Gasteiger partial charge in [-0.25, -0.2) is 4.79 Å². The summed E-state index contributed by atoms with van der Waals surface area (Å²) in [5.41, 5.74) is 1.25. The van der Waals surface area contributed by atoms with Crippen LogP contribution in [0.25, 0.3) is 11.1 Å². The van der Waals surface area contributed by atoms with E-state index in [9.17, 15) is 14.4 Å². The van der Waals surface area contributed by atoms with Crippen LogP contribution in [0.4, 0.5) is 0 Å². The summed E-state index contributed by atoms with van der Waals surface area (Å²) in [4.78, 5) is 35.3. The Morgan fingerprint density at radius 1 is 1.39 bits per heavy atom. The van der Waals surface area contributed by atoms with Gasteiger partial charge in [0.15, 0.2) is 11.4 Å². The van der Waals surface area contributed by atoms with Gasteiger partial charge in [0.25, 0.3) is 0 Å². The van der Waals surface area contributed by atoms with Gasteiger partial charge in [0.2, 0.25) is 5.91 Å². The Hall–Kier alpha value is -2.41. The maximum absolute atomic E-state index is 12.0. The molecular formula is C16H18N2O5. The zero-order valence-electron chi connectivity index (χ0n) is 12.8. The van der Waals surface area contributed by atoms with Gasteiger partial charge >= 0.3 is 5.76 Å². The molecule has 1 amide bonds. The fraction of sp³-hybridized carbons (Fsp3) is 0.438. The summed E-state index contributed by atoms with van der Waals surface area (Å²) in [6.45, 7) is 2.48. The van der Waals surface area contributed by atoms with Crippen LogP contribution < -0.4 is 11.1 Å². The molecule has 7 nitrogen and oxygen atoms in total. The lowest BCUT2D eigenvalue weighted by molar-refractivity contribution is -0.122. The molecule has 0 bridgehead atoms. The Kier molecular flexibility index (Phi) is 4.29. The van der Waals surface area contributed by atoms with Crippen molar-refractivity contribution >= 4 is 22.8 Å². The molecule has 1 N–H and O–H groups in total. The number of Topliss-reactive ketones (excluding diaryl/α,β-unsaturated/α-hetero) is 1. The summed E-state index contributed by atoms with van der Waals surface area (Å²) >= 11 is 0. The lowest BCUT2D eigenvalue weighted by atomic mass is 10.1. The molecule has 1 saturated heterocycles. The molecule has 2 aromatic rings. The van der Waals surface area contributed by atoms with E-state index in [1.807, 2.05) is 0 Å². The third kappa shape index (κ3) is 3.34. The number of carbonyl (C=O) groups is 2. The summed E-state index contributed by atoms with van der Waals surface area (Å²) in [6.07, 6.45) is 1.99. The number of nitrogens with one attached hydrogen (secondary N) is 1. The van der Waals surface area contributed by atoms with E-state index < -0.39 is 5.76 Å². The van der Waals surface area contributed by atoms with Crippen LogP contribution in [0.15, 0.2) is 27.4 Å². The zero-order valence-corrected chi connectivity index (χ0v) is 12.8. The molecule has 7 heteroatoms. The van der Waals surface area contributed by atoms with Gasteiger partial charge in [0.05, 0.1) is 11.6 Å². The third-order valence-electron chi connectivity index (χ3n) is 3.93. The van der Waals surface area contributed by atoms with Gasteiger partial charge in [-0.15, -0.1) is 0 Å². The van der Waals surface area contributed by atoms with Crippen LogP contribution in [0, 0.1) is 0 Å². The fourth-order valence-corrected chi connectivity index (χ4v) is 2.67. The average Bonchev–Trinajstić information content (AvgIpc) is 3.13. The molecule has 1 aromatic carbocycles. The van der Waals surface area contributed by atoms with E-state index in [4.69, 9.17) is 9.15 Å². The number of hydrogen-bond donors (Lipinski definition) is 1. The Balaban J connectivity index is 1.74. The Labute approximate surface area is 132 Å². The van der Waals surface area contributed by atoms with E-state index >= 15 is 0 Å². The molecule has 1 atom stereocenters. The molecule has 3 rings (SSSR count). The molecule has 122 valence electrons. The van der Waals surface area contributed by atoms with Crippen molar-refractivity contribution in [3.8, 4) is 0 Å². The van der Waals surface area contributed by atoms with Crippen molar-refractivity contribution in [3.05, 3.63) is 34.3 Å². The van der Waals surface area contributed by atoms with Crippen molar-refractivity contribution in [2.75, 3.05) is 13.2 Å². The number of nitrogens with zero attached hydrogens (tertiary/aromatic N) is 1. The number of aromatic nitrogens is 1. The van der Waals surface area contributed by atoms with Crippen LogP contribution in [0.3, 0.4) is 0 Å². The van der Waals surface area contributed by atoms with Gasteiger partial charge in [0, 0.05) is 18.7 Å². The Morgan fingerprint density at radius 3 is 2.91 bits per heavy atom. The molecular weight excluding hydrogens is 300 g/mol. The second-order valence-corrected chi connectivity index (χ2v) is 5.63. The largest absolute Gasteiger partial charge is 0.420 e. The normalized spacial score (nSPS) is 17.5. The minimum absolute atomic E-state index is 0.0508. The van der Waals surface area contributed by atoms with Crippen LogP contribution in [0.1, 0.15) is 30.1 Å².